The lowest BCUT2D eigenvalue weighted by molar-refractivity contribution is -0.117. The summed E-state index contributed by atoms with van der Waals surface area (Å²) in [4.78, 5) is 14.9. The summed E-state index contributed by atoms with van der Waals surface area (Å²) in [5.41, 5.74) is 2.76. The van der Waals surface area contributed by atoms with Gasteiger partial charge in [-0.1, -0.05) is 18.2 Å². The summed E-state index contributed by atoms with van der Waals surface area (Å²) in [5.74, 6) is 0.201. The highest BCUT2D eigenvalue weighted by molar-refractivity contribution is 9.10. The average molecular weight is 402 g/mol. The van der Waals surface area contributed by atoms with Crippen molar-refractivity contribution in [3.63, 3.8) is 0 Å². The number of rotatable bonds is 4. The lowest BCUT2D eigenvalue weighted by Gasteiger charge is -2.01. The van der Waals surface area contributed by atoms with Crippen LogP contribution in [-0.2, 0) is 11.2 Å². The van der Waals surface area contributed by atoms with Crippen LogP contribution in [0, 0.1) is 6.92 Å². The summed E-state index contributed by atoms with van der Waals surface area (Å²) in [7, 11) is 1.59. The van der Waals surface area contributed by atoms with Gasteiger partial charge in [0.05, 0.1) is 19.0 Å². The molecule has 0 aliphatic carbocycles. The topological polar surface area (TPSA) is 87.0 Å². The van der Waals surface area contributed by atoms with Crippen LogP contribution in [0.5, 0.6) is 11.6 Å². The van der Waals surface area contributed by atoms with Crippen LogP contribution in [0.4, 0.5) is 5.69 Å². The Morgan fingerprint density at radius 1 is 1.24 bits per heavy atom. The summed E-state index contributed by atoms with van der Waals surface area (Å²) < 4.78 is 5.89. The van der Waals surface area contributed by atoms with E-state index in [4.69, 9.17) is 4.74 Å². The van der Waals surface area contributed by atoms with Crippen LogP contribution in [0.1, 0.15) is 11.1 Å². The Morgan fingerprint density at radius 2 is 1.96 bits per heavy atom. The van der Waals surface area contributed by atoms with Gasteiger partial charge in [-0.05, 0) is 52.2 Å². The van der Waals surface area contributed by atoms with Gasteiger partial charge in [-0.25, -0.2) is 0 Å². The zero-order chi connectivity index (χ0) is 18.0. The number of aromatic hydroxyl groups is 1. The largest absolute Gasteiger partial charge is 0.497 e. The van der Waals surface area contributed by atoms with Crippen molar-refractivity contribution >= 4 is 38.4 Å². The van der Waals surface area contributed by atoms with Crippen LogP contribution >= 0.6 is 15.9 Å². The van der Waals surface area contributed by atoms with Gasteiger partial charge in [0.25, 0.3) is 5.91 Å². The number of aromatic amines is 1. The first-order chi connectivity index (χ1) is 12.0. The highest BCUT2D eigenvalue weighted by Gasteiger charge is 2.15. The van der Waals surface area contributed by atoms with Crippen molar-refractivity contribution in [3.8, 4) is 11.6 Å². The Balaban J connectivity index is 1.83. The minimum atomic E-state index is -0.400. The first-order valence-electron chi connectivity index (χ1n) is 7.57. The molecule has 0 unspecified atom stereocenters. The molecule has 0 saturated carbocycles. The first-order valence-corrected chi connectivity index (χ1v) is 8.36. The molecule has 0 fully saturated rings. The van der Waals surface area contributed by atoms with E-state index in [9.17, 15) is 9.90 Å². The smallest absolute Gasteiger partial charge is 0.269 e. The highest BCUT2D eigenvalue weighted by Crippen LogP contribution is 2.41. The predicted molar refractivity (Wildman–Crippen MR) is 98.6 cm³/mol. The maximum Gasteiger partial charge on any atom is 0.269 e. The lowest BCUT2D eigenvalue weighted by atomic mass is 10.1. The van der Waals surface area contributed by atoms with E-state index in [1.807, 2.05) is 19.1 Å². The number of H-pyrrole nitrogens is 1. The third-order valence-corrected chi connectivity index (χ3v) is 4.85. The minimum absolute atomic E-state index is 0.122. The van der Waals surface area contributed by atoms with Crippen molar-refractivity contribution in [1.29, 1.82) is 0 Å². The fourth-order valence-electron chi connectivity index (χ4n) is 2.48. The Morgan fingerprint density at radius 3 is 2.64 bits per heavy atom. The summed E-state index contributed by atoms with van der Waals surface area (Å²) in [6.07, 6.45) is 0.122. The lowest BCUT2D eigenvalue weighted by Crippen LogP contribution is -1.97. The number of benzene rings is 2. The van der Waals surface area contributed by atoms with Gasteiger partial charge in [-0.15, -0.1) is 10.2 Å². The number of hydrogen-bond donors (Lipinski definition) is 2. The molecule has 25 heavy (non-hydrogen) atoms. The predicted octanol–water partition coefficient (Wildman–Crippen LogP) is 4.81. The number of carbonyl (C=O) groups excluding carboxylic acids is 1. The van der Waals surface area contributed by atoms with Gasteiger partial charge in [-0.2, -0.15) is 0 Å². The average Bonchev–Trinajstić information content (AvgIpc) is 2.93. The van der Waals surface area contributed by atoms with Crippen LogP contribution < -0.4 is 4.74 Å². The van der Waals surface area contributed by atoms with E-state index < -0.39 is 5.91 Å². The monoisotopic (exact) mass is 401 g/mol. The first kappa shape index (κ1) is 17.2. The quantitative estimate of drug-likeness (QED) is 0.615. The van der Waals surface area contributed by atoms with Crippen molar-refractivity contribution in [2.24, 2.45) is 10.2 Å². The molecule has 3 aromatic rings. The third-order valence-electron chi connectivity index (χ3n) is 3.83. The van der Waals surface area contributed by atoms with Crippen LogP contribution in [0.2, 0.25) is 0 Å². The van der Waals surface area contributed by atoms with Gasteiger partial charge in [0.1, 0.15) is 5.75 Å². The van der Waals surface area contributed by atoms with E-state index in [0.29, 0.717) is 10.9 Å². The second-order valence-electron chi connectivity index (χ2n) is 5.56. The molecule has 0 atom stereocenters. The Labute approximate surface area is 152 Å². The number of carbonyl (C=O) groups is 1. The van der Waals surface area contributed by atoms with Gasteiger partial charge in [0, 0.05) is 9.86 Å². The fourth-order valence-corrected chi connectivity index (χ4v) is 3.01. The molecule has 2 aromatic carbocycles. The zero-order valence-electron chi connectivity index (χ0n) is 13.7. The Kier molecular flexibility index (Phi) is 4.85. The van der Waals surface area contributed by atoms with Crippen LogP contribution in [-0.4, -0.2) is 23.1 Å². The van der Waals surface area contributed by atoms with E-state index in [1.165, 1.54) is 0 Å². The van der Waals surface area contributed by atoms with Crippen LogP contribution in [0.25, 0.3) is 10.9 Å². The zero-order valence-corrected chi connectivity index (χ0v) is 15.3. The van der Waals surface area contributed by atoms with Gasteiger partial charge in [0.2, 0.25) is 5.88 Å². The molecule has 0 aliphatic heterocycles. The Bertz CT molecular complexity index is 962. The number of halogens is 1. The number of aromatic nitrogens is 1. The van der Waals surface area contributed by atoms with Crippen LogP contribution in [0.3, 0.4) is 0 Å². The number of aryl methyl sites for hydroxylation is 1. The molecule has 1 aromatic heterocycles. The standard InChI is InChI=1S/C18H16BrN3O3/c1-10-3-8-13-15(16(10)19)17(18(24)20-13)22-21-14(23)9-11-4-6-12(25-2)7-5-11/h3-8,20,24H,9H2,1-2H3. The molecule has 128 valence electrons. The second kappa shape index (κ2) is 7.06. The molecule has 0 spiro atoms. The third kappa shape index (κ3) is 3.56. The van der Waals surface area contributed by atoms with Crippen molar-refractivity contribution in [2.75, 3.05) is 7.11 Å². The van der Waals surface area contributed by atoms with E-state index in [2.05, 4.69) is 31.1 Å². The molecule has 0 aliphatic rings. The van der Waals surface area contributed by atoms with Crippen molar-refractivity contribution in [3.05, 3.63) is 52.0 Å². The number of azo groups is 1. The molecular formula is C18H16BrN3O3. The molecule has 0 bridgehead atoms. The maximum atomic E-state index is 12.1. The Hall–Kier alpha value is -2.67. The van der Waals surface area contributed by atoms with Gasteiger partial charge < -0.3 is 14.8 Å². The highest BCUT2D eigenvalue weighted by atomic mass is 79.9. The molecule has 0 saturated heterocycles. The normalized spacial score (nSPS) is 11.3. The maximum absolute atomic E-state index is 12.1. The minimum Gasteiger partial charge on any atom is -0.497 e. The molecule has 6 nitrogen and oxygen atoms in total. The number of fused-ring (bicyclic) bond motifs is 1. The number of amides is 1. The molecule has 1 amide bonds. The number of nitrogens with one attached hydrogen (secondary N) is 1. The van der Waals surface area contributed by atoms with Crippen LogP contribution in [0.15, 0.2) is 51.1 Å². The molecular weight excluding hydrogens is 386 g/mol. The molecule has 0 radical (unpaired) electrons. The summed E-state index contributed by atoms with van der Waals surface area (Å²) in [6, 6.07) is 10.9. The SMILES string of the molecule is COc1ccc(CC(=O)N=Nc2c(O)[nH]c3ccc(C)c(Br)c23)cc1. The van der Waals surface area contributed by atoms with E-state index >= 15 is 0 Å². The number of methoxy groups -OCH3 is 1. The number of nitrogens with zero attached hydrogens (tertiary/aromatic N) is 2. The summed E-state index contributed by atoms with van der Waals surface area (Å²) in [5, 5.41) is 18.5. The van der Waals surface area contributed by atoms with Crippen molar-refractivity contribution < 1.29 is 14.6 Å². The van der Waals surface area contributed by atoms with Gasteiger partial charge >= 0.3 is 0 Å². The second-order valence-corrected chi connectivity index (χ2v) is 6.35. The molecule has 2 N–H and O–H groups in total. The molecule has 7 heteroatoms. The van der Waals surface area contributed by atoms with E-state index in [1.54, 1.807) is 31.4 Å². The molecule has 1 heterocycles. The molecule has 3 rings (SSSR count). The van der Waals surface area contributed by atoms with Crippen molar-refractivity contribution in [1.82, 2.24) is 4.98 Å². The fraction of sp³-hybridized carbons (Fsp3) is 0.167. The van der Waals surface area contributed by atoms with E-state index in [0.717, 1.165) is 21.3 Å². The van der Waals surface area contributed by atoms with Gasteiger partial charge in [0.15, 0.2) is 5.69 Å². The number of hydrogen-bond acceptors (Lipinski definition) is 4. The summed E-state index contributed by atoms with van der Waals surface area (Å²) >= 11 is 3.49. The summed E-state index contributed by atoms with van der Waals surface area (Å²) in [6.45, 7) is 1.93. The van der Waals surface area contributed by atoms with Crippen molar-refractivity contribution in [2.45, 2.75) is 13.3 Å². The van der Waals surface area contributed by atoms with E-state index in [-0.39, 0.29) is 18.0 Å². The number of ether oxygens (including phenoxy) is 1. The van der Waals surface area contributed by atoms with Gasteiger partial charge in [-0.3, -0.25) is 4.79 Å².